The van der Waals surface area contributed by atoms with Crippen molar-refractivity contribution in [1.29, 1.82) is 0 Å². The molecule has 0 unspecified atom stereocenters. The standard InChI is InChI=1S/C70H50N2/c1-3-19-53-43-58(41-31-47(53)15-1)71(68-29-13-21-49-17-5-7-23-60(49)68)56-37-33-51(34-38-56)66-45-55-46-67(63-26-10-12-28-65(63)70(55)64-27-11-9-25-62(64)66)52-35-39-57(40-36-52)72(59-42-32-48-16-2-4-20-54(48)44-59)69-30-14-22-50-18-6-8-24-61(50)69/h1-3,5-6,8-19,21-22,24-46H,4,7,20,23H2. The molecular formula is C70H50N2. The van der Waals surface area contributed by atoms with E-state index >= 15 is 0 Å². The molecule has 0 saturated carbocycles. The molecule has 0 fully saturated rings. The molecule has 0 heterocycles. The van der Waals surface area contributed by atoms with Gasteiger partial charge in [0, 0.05) is 33.8 Å². The number of allylic oxidation sites excluding steroid dienone is 2. The average Bonchev–Trinajstić information content (AvgIpc) is 3.45. The molecule has 0 atom stereocenters. The summed E-state index contributed by atoms with van der Waals surface area (Å²) in [5.74, 6) is 0. The second kappa shape index (κ2) is 17.5. The zero-order chi connectivity index (χ0) is 47.5. The van der Waals surface area contributed by atoms with Crippen LogP contribution in [-0.2, 0) is 12.8 Å². The van der Waals surface area contributed by atoms with Crippen LogP contribution in [0.4, 0.5) is 34.1 Å². The predicted molar refractivity (Wildman–Crippen MR) is 309 cm³/mol. The van der Waals surface area contributed by atoms with Crippen molar-refractivity contribution < 1.29 is 0 Å². The SMILES string of the molecule is C1=Cc2ccc(N(c3ccc(-c4cc5cc(-c6ccc(N(c7ccc8ccccc8c7)c7cccc8c7CCC=C8)cc6)c6ccccc6c5c5ccccc45)cc3)c3cccc4ccccc34)cc2CC1. The van der Waals surface area contributed by atoms with Crippen LogP contribution in [0.15, 0.2) is 243 Å². The maximum Gasteiger partial charge on any atom is 0.0540 e. The lowest BCUT2D eigenvalue weighted by molar-refractivity contribution is 0.979. The van der Waals surface area contributed by atoms with Crippen molar-refractivity contribution in [1.82, 2.24) is 0 Å². The fourth-order valence-corrected chi connectivity index (χ4v) is 11.8. The molecule has 14 rings (SSSR count). The number of anilines is 6. The second-order valence-electron chi connectivity index (χ2n) is 19.4. The first-order chi connectivity index (χ1) is 35.7. The second-order valence-corrected chi connectivity index (χ2v) is 19.4. The molecule has 2 aliphatic carbocycles. The number of benzene rings is 12. The van der Waals surface area contributed by atoms with Gasteiger partial charge in [0.2, 0.25) is 0 Å². The maximum absolute atomic E-state index is 2.46. The van der Waals surface area contributed by atoms with Gasteiger partial charge in [-0.15, -0.1) is 0 Å². The molecule has 2 nitrogen and oxygen atoms in total. The molecular weight excluding hydrogens is 869 g/mol. The Labute approximate surface area is 420 Å². The summed E-state index contributed by atoms with van der Waals surface area (Å²) in [6.45, 7) is 0. The van der Waals surface area contributed by atoms with Gasteiger partial charge in [0.15, 0.2) is 0 Å². The van der Waals surface area contributed by atoms with Gasteiger partial charge in [-0.25, -0.2) is 0 Å². The lowest BCUT2D eigenvalue weighted by Gasteiger charge is -2.29. The van der Waals surface area contributed by atoms with Crippen molar-refractivity contribution in [3.8, 4) is 22.3 Å². The number of nitrogens with zero attached hydrogens (tertiary/aromatic N) is 2. The Hall–Kier alpha value is -8.98. The van der Waals surface area contributed by atoms with E-state index in [2.05, 4.69) is 265 Å². The van der Waals surface area contributed by atoms with Crippen LogP contribution in [0.2, 0.25) is 0 Å². The summed E-state index contributed by atoms with van der Waals surface area (Å²) >= 11 is 0. The number of hydrogen-bond acceptors (Lipinski definition) is 2. The zero-order valence-electron chi connectivity index (χ0n) is 40.0. The van der Waals surface area contributed by atoms with E-state index in [0.717, 1.165) is 42.7 Å². The van der Waals surface area contributed by atoms with Crippen LogP contribution < -0.4 is 9.80 Å². The molecule has 0 bridgehead atoms. The highest BCUT2D eigenvalue weighted by atomic mass is 15.1. The topological polar surface area (TPSA) is 6.48 Å². The van der Waals surface area contributed by atoms with Gasteiger partial charge >= 0.3 is 0 Å². The molecule has 0 spiro atoms. The van der Waals surface area contributed by atoms with Gasteiger partial charge in [0.05, 0.1) is 5.69 Å². The number of rotatable bonds is 8. The molecule has 12 aromatic rings. The molecule has 0 aliphatic heterocycles. The van der Waals surface area contributed by atoms with Crippen molar-refractivity contribution in [3.63, 3.8) is 0 Å². The van der Waals surface area contributed by atoms with Gasteiger partial charge in [-0.1, -0.05) is 182 Å². The van der Waals surface area contributed by atoms with E-state index in [1.807, 2.05) is 0 Å². The third-order valence-corrected chi connectivity index (χ3v) is 15.3. The van der Waals surface area contributed by atoms with Crippen molar-refractivity contribution in [2.75, 3.05) is 9.80 Å². The fraction of sp³-hybridized carbons (Fsp3) is 0.0571. The quantitative estimate of drug-likeness (QED) is 0.140. The highest BCUT2D eigenvalue weighted by Gasteiger charge is 2.22. The van der Waals surface area contributed by atoms with Crippen LogP contribution in [-0.4, -0.2) is 0 Å². The lowest BCUT2D eigenvalue weighted by Crippen LogP contribution is -2.13. The van der Waals surface area contributed by atoms with E-state index in [0.29, 0.717) is 0 Å². The van der Waals surface area contributed by atoms with Gasteiger partial charge in [-0.05, 0) is 191 Å². The molecule has 72 heavy (non-hydrogen) atoms. The Morgan fingerprint density at radius 2 is 0.819 bits per heavy atom. The highest BCUT2D eigenvalue weighted by Crippen LogP contribution is 2.46. The van der Waals surface area contributed by atoms with Crippen LogP contribution in [0.5, 0.6) is 0 Å². The van der Waals surface area contributed by atoms with E-state index in [-0.39, 0.29) is 0 Å². The summed E-state index contributed by atoms with van der Waals surface area (Å²) in [6, 6.07) is 86.0. The van der Waals surface area contributed by atoms with E-state index in [1.165, 1.54) is 115 Å². The van der Waals surface area contributed by atoms with Gasteiger partial charge in [0.25, 0.3) is 0 Å². The van der Waals surface area contributed by atoms with Crippen LogP contribution in [0.1, 0.15) is 35.1 Å². The Morgan fingerprint density at radius 3 is 1.53 bits per heavy atom. The van der Waals surface area contributed by atoms with Crippen LogP contribution in [0.25, 0.3) is 88.3 Å². The van der Waals surface area contributed by atoms with E-state index in [1.54, 1.807) is 0 Å². The summed E-state index contributed by atoms with van der Waals surface area (Å²) in [4.78, 5) is 4.90. The number of aryl methyl sites for hydroxylation is 1. The molecule has 2 aliphatic rings. The van der Waals surface area contributed by atoms with Gasteiger partial charge in [-0.3, -0.25) is 0 Å². The average molecular weight is 919 g/mol. The van der Waals surface area contributed by atoms with Gasteiger partial charge in [0.1, 0.15) is 0 Å². The van der Waals surface area contributed by atoms with Crippen LogP contribution >= 0.6 is 0 Å². The minimum atomic E-state index is 1.02. The fourth-order valence-electron chi connectivity index (χ4n) is 11.8. The van der Waals surface area contributed by atoms with Crippen LogP contribution in [0, 0.1) is 0 Å². The third kappa shape index (κ3) is 7.18. The van der Waals surface area contributed by atoms with Crippen LogP contribution in [0.3, 0.4) is 0 Å². The van der Waals surface area contributed by atoms with Crippen molar-refractivity contribution in [2.45, 2.75) is 25.7 Å². The largest absolute Gasteiger partial charge is 0.310 e. The lowest BCUT2D eigenvalue weighted by atomic mass is 9.87. The minimum Gasteiger partial charge on any atom is -0.310 e. The zero-order valence-corrected chi connectivity index (χ0v) is 40.0. The predicted octanol–water partition coefficient (Wildman–Crippen LogP) is 19.6. The van der Waals surface area contributed by atoms with Gasteiger partial charge < -0.3 is 9.80 Å². The summed E-state index contributed by atoms with van der Waals surface area (Å²) < 4.78 is 0. The Morgan fingerprint density at radius 1 is 0.306 bits per heavy atom. The molecule has 0 saturated heterocycles. The molecule has 0 N–H and O–H groups in total. The maximum atomic E-state index is 2.46. The third-order valence-electron chi connectivity index (χ3n) is 15.3. The summed E-state index contributed by atoms with van der Waals surface area (Å²) in [5.41, 5.74) is 17.3. The van der Waals surface area contributed by atoms with E-state index in [4.69, 9.17) is 0 Å². The normalized spacial score (nSPS) is 12.9. The Kier molecular flexibility index (Phi) is 10.2. The molecule has 0 radical (unpaired) electrons. The summed E-state index contributed by atoms with van der Waals surface area (Å²) in [6.07, 6.45) is 13.3. The Bertz CT molecular complexity index is 4150. The smallest absolute Gasteiger partial charge is 0.0540 e. The highest BCUT2D eigenvalue weighted by molar-refractivity contribution is 6.26. The molecule has 0 amide bonds. The van der Waals surface area contributed by atoms with E-state index < -0.39 is 0 Å². The minimum absolute atomic E-state index is 1.02. The van der Waals surface area contributed by atoms with Crippen molar-refractivity contribution in [3.05, 3.63) is 265 Å². The molecule has 0 aromatic heterocycles. The first-order valence-electron chi connectivity index (χ1n) is 25.4. The van der Waals surface area contributed by atoms with Gasteiger partial charge in [-0.2, -0.15) is 0 Å². The molecule has 340 valence electrons. The molecule has 2 heteroatoms. The summed E-state index contributed by atoms with van der Waals surface area (Å²) in [7, 11) is 0. The Balaban J connectivity index is 0.892. The number of hydrogen-bond donors (Lipinski definition) is 0. The summed E-state index contributed by atoms with van der Waals surface area (Å²) in [5, 5.41) is 12.5. The first kappa shape index (κ1) is 41.9. The number of fused-ring (bicyclic) bond motifs is 9. The van der Waals surface area contributed by atoms with E-state index in [9.17, 15) is 0 Å². The van der Waals surface area contributed by atoms with Crippen molar-refractivity contribution in [2.24, 2.45) is 0 Å². The monoisotopic (exact) mass is 918 g/mol. The first-order valence-corrected chi connectivity index (χ1v) is 25.4. The van der Waals surface area contributed by atoms with Crippen molar-refractivity contribution >= 4 is 100 Å². The molecule has 12 aromatic carbocycles.